The van der Waals surface area contributed by atoms with Crippen molar-refractivity contribution in [3.63, 3.8) is 0 Å². The maximum absolute atomic E-state index is 5.46. The first kappa shape index (κ1) is 16.7. The minimum Gasteiger partial charge on any atom is -0.481 e. The molecule has 1 unspecified atom stereocenters. The Bertz CT molecular complexity index is 589. The number of methoxy groups -OCH3 is 2. The van der Waals surface area contributed by atoms with Crippen LogP contribution in [0.15, 0.2) is 30.5 Å². The minimum absolute atomic E-state index is 0.189. The van der Waals surface area contributed by atoms with E-state index in [2.05, 4.69) is 23.3 Å². The topological polar surface area (TPSA) is 52.6 Å². The molecule has 2 rings (SSSR count). The summed E-state index contributed by atoms with van der Waals surface area (Å²) in [7, 11) is 3.32. The van der Waals surface area contributed by atoms with E-state index in [0.29, 0.717) is 25.7 Å². The molecule has 0 saturated heterocycles. The second-order valence-electron chi connectivity index (χ2n) is 5.05. The molecule has 1 atom stereocenters. The molecule has 5 nitrogen and oxygen atoms in total. The molecule has 1 aromatic heterocycles. The smallest absolute Gasteiger partial charge is 0.221 e. The summed E-state index contributed by atoms with van der Waals surface area (Å²) in [5.74, 6) is 0.662. The van der Waals surface area contributed by atoms with E-state index >= 15 is 0 Å². The minimum atomic E-state index is 0.189. The molecule has 22 heavy (non-hydrogen) atoms. The molecule has 0 aliphatic carbocycles. The van der Waals surface area contributed by atoms with E-state index in [4.69, 9.17) is 14.2 Å². The average molecular weight is 304 g/mol. The summed E-state index contributed by atoms with van der Waals surface area (Å²) >= 11 is 0. The van der Waals surface area contributed by atoms with Gasteiger partial charge in [0.05, 0.1) is 26.9 Å². The van der Waals surface area contributed by atoms with Crippen molar-refractivity contribution in [2.24, 2.45) is 0 Å². The van der Waals surface area contributed by atoms with Gasteiger partial charge in [0.2, 0.25) is 5.88 Å². The van der Waals surface area contributed by atoms with Crippen LogP contribution in [0, 0.1) is 0 Å². The number of ether oxygens (including phenoxy) is 3. The zero-order chi connectivity index (χ0) is 15.8. The van der Waals surface area contributed by atoms with Crippen molar-refractivity contribution < 1.29 is 14.2 Å². The Labute approximate surface area is 131 Å². The summed E-state index contributed by atoms with van der Waals surface area (Å²) in [6.45, 7) is 4.83. The van der Waals surface area contributed by atoms with Crippen LogP contribution in [0.4, 0.5) is 0 Å². The fourth-order valence-electron chi connectivity index (χ4n) is 2.40. The number of aromatic nitrogens is 1. The van der Waals surface area contributed by atoms with Crippen molar-refractivity contribution in [1.82, 2.24) is 10.3 Å². The van der Waals surface area contributed by atoms with E-state index < -0.39 is 0 Å². The molecule has 0 aliphatic rings. The van der Waals surface area contributed by atoms with E-state index in [1.54, 1.807) is 14.2 Å². The molecule has 1 N–H and O–H groups in total. The number of fused-ring (bicyclic) bond motifs is 1. The van der Waals surface area contributed by atoms with Crippen LogP contribution in [0.3, 0.4) is 0 Å². The number of nitrogens with zero attached hydrogens (tertiary/aromatic N) is 1. The Morgan fingerprint density at radius 2 is 1.86 bits per heavy atom. The Balaban J connectivity index is 2.01. The van der Waals surface area contributed by atoms with E-state index in [9.17, 15) is 0 Å². The second kappa shape index (κ2) is 8.68. The van der Waals surface area contributed by atoms with Crippen LogP contribution in [0.5, 0.6) is 5.88 Å². The van der Waals surface area contributed by atoms with Gasteiger partial charge in [-0.2, -0.15) is 0 Å². The lowest BCUT2D eigenvalue weighted by atomic mass is 10.0. The third-order valence-electron chi connectivity index (χ3n) is 3.58. The molecule has 0 radical (unpaired) electrons. The molecule has 0 aliphatic heterocycles. The van der Waals surface area contributed by atoms with Crippen LogP contribution < -0.4 is 10.1 Å². The van der Waals surface area contributed by atoms with Crippen molar-refractivity contribution in [2.75, 3.05) is 40.6 Å². The second-order valence-corrected chi connectivity index (χ2v) is 5.05. The highest BCUT2D eigenvalue weighted by Crippen LogP contribution is 2.29. The highest BCUT2D eigenvalue weighted by Gasteiger charge is 2.12. The maximum atomic E-state index is 5.46. The van der Waals surface area contributed by atoms with Crippen LogP contribution in [0.1, 0.15) is 18.5 Å². The molecular weight excluding hydrogens is 280 g/mol. The normalized spacial score (nSPS) is 12.5. The molecule has 0 bridgehead atoms. The number of nitrogens with one attached hydrogen (secondary N) is 1. The van der Waals surface area contributed by atoms with Crippen molar-refractivity contribution in [3.05, 3.63) is 36.0 Å². The predicted molar refractivity (Wildman–Crippen MR) is 87.4 cm³/mol. The third-order valence-corrected chi connectivity index (χ3v) is 3.58. The first-order valence-electron chi connectivity index (χ1n) is 7.49. The van der Waals surface area contributed by atoms with Gasteiger partial charge in [-0.05, 0) is 23.9 Å². The molecule has 0 saturated carbocycles. The SMILES string of the molecule is COCCOCCNC(C)c1cnc(OC)c2ccccc12. The number of pyridine rings is 1. The Hall–Kier alpha value is -1.69. The third kappa shape index (κ3) is 4.16. The summed E-state index contributed by atoms with van der Waals surface area (Å²) in [4.78, 5) is 4.41. The average Bonchev–Trinajstić information content (AvgIpc) is 2.56. The molecule has 0 amide bonds. The molecule has 1 heterocycles. The van der Waals surface area contributed by atoms with Gasteiger partial charge in [0.15, 0.2) is 0 Å². The monoisotopic (exact) mass is 304 g/mol. The van der Waals surface area contributed by atoms with Gasteiger partial charge in [-0.25, -0.2) is 4.98 Å². The quantitative estimate of drug-likeness (QED) is 0.722. The van der Waals surface area contributed by atoms with E-state index in [1.165, 1.54) is 0 Å². The van der Waals surface area contributed by atoms with Crippen LogP contribution in [-0.2, 0) is 9.47 Å². The largest absolute Gasteiger partial charge is 0.481 e. The van der Waals surface area contributed by atoms with Crippen LogP contribution in [0.2, 0.25) is 0 Å². The van der Waals surface area contributed by atoms with E-state index in [0.717, 1.165) is 22.9 Å². The van der Waals surface area contributed by atoms with E-state index in [-0.39, 0.29) is 6.04 Å². The number of rotatable bonds is 9. The molecule has 0 fully saturated rings. The van der Waals surface area contributed by atoms with Crippen molar-refractivity contribution >= 4 is 10.8 Å². The van der Waals surface area contributed by atoms with Crippen molar-refractivity contribution in [2.45, 2.75) is 13.0 Å². The first-order valence-corrected chi connectivity index (χ1v) is 7.49. The lowest BCUT2D eigenvalue weighted by Crippen LogP contribution is -2.24. The number of benzene rings is 1. The standard InChI is InChI=1S/C17H24N2O3/c1-13(18-8-9-22-11-10-20-2)16-12-19-17(21-3)15-7-5-4-6-14(15)16/h4-7,12-13,18H,8-11H2,1-3H3. The Kier molecular flexibility index (Phi) is 6.58. The van der Waals surface area contributed by atoms with Gasteiger partial charge in [0.1, 0.15) is 0 Å². The lowest BCUT2D eigenvalue weighted by molar-refractivity contribution is 0.0712. The van der Waals surface area contributed by atoms with Gasteiger partial charge in [-0.1, -0.05) is 18.2 Å². The molecular formula is C17H24N2O3. The Morgan fingerprint density at radius 3 is 2.59 bits per heavy atom. The summed E-state index contributed by atoms with van der Waals surface area (Å²) in [5, 5.41) is 5.66. The van der Waals surface area contributed by atoms with Crippen molar-refractivity contribution in [1.29, 1.82) is 0 Å². The molecule has 1 aromatic carbocycles. The molecule has 2 aromatic rings. The predicted octanol–water partition coefficient (Wildman–Crippen LogP) is 2.56. The van der Waals surface area contributed by atoms with Gasteiger partial charge in [-0.3, -0.25) is 0 Å². The van der Waals surface area contributed by atoms with Crippen LogP contribution in [0.25, 0.3) is 10.8 Å². The number of hydrogen-bond acceptors (Lipinski definition) is 5. The van der Waals surface area contributed by atoms with Gasteiger partial charge < -0.3 is 19.5 Å². The molecule has 0 spiro atoms. The van der Waals surface area contributed by atoms with E-state index in [1.807, 2.05) is 24.4 Å². The summed E-state index contributed by atoms with van der Waals surface area (Å²) < 4.78 is 15.7. The van der Waals surface area contributed by atoms with Gasteiger partial charge in [0.25, 0.3) is 0 Å². The van der Waals surface area contributed by atoms with Crippen molar-refractivity contribution in [3.8, 4) is 5.88 Å². The van der Waals surface area contributed by atoms with Gasteiger partial charge in [-0.15, -0.1) is 0 Å². The zero-order valence-electron chi connectivity index (χ0n) is 13.5. The van der Waals surface area contributed by atoms with Crippen LogP contribution in [-0.4, -0.2) is 45.6 Å². The molecule has 5 heteroatoms. The lowest BCUT2D eigenvalue weighted by Gasteiger charge is -2.17. The maximum Gasteiger partial charge on any atom is 0.221 e. The van der Waals surface area contributed by atoms with Gasteiger partial charge >= 0.3 is 0 Å². The molecule has 120 valence electrons. The Morgan fingerprint density at radius 1 is 1.09 bits per heavy atom. The fourth-order valence-corrected chi connectivity index (χ4v) is 2.40. The highest BCUT2D eigenvalue weighted by molar-refractivity contribution is 5.89. The first-order chi connectivity index (χ1) is 10.8. The summed E-state index contributed by atoms with van der Waals surface area (Å²) in [6, 6.07) is 8.35. The van der Waals surface area contributed by atoms with Crippen LogP contribution >= 0.6 is 0 Å². The number of hydrogen-bond donors (Lipinski definition) is 1. The highest BCUT2D eigenvalue weighted by atomic mass is 16.5. The summed E-state index contributed by atoms with van der Waals surface area (Å²) in [5.41, 5.74) is 1.16. The van der Waals surface area contributed by atoms with Gasteiger partial charge in [0, 0.05) is 31.3 Å². The zero-order valence-corrected chi connectivity index (χ0v) is 13.5. The fraction of sp³-hybridized carbons (Fsp3) is 0.471. The summed E-state index contributed by atoms with van der Waals surface area (Å²) in [6.07, 6.45) is 1.88.